The van der Waals surface area contributed by atoms with E-state index in [1.54, 1.807) is 23.2 Å². The number of amides is 1. The molecule has 2 aromatic rings. The fraction of sp³-hybridized carbons (Fsp3) is 0.182. The Bertz CT molecular complexity index is 1060. The molecule has 0 bridgehead atoms. The number of rotatable bonds is 4. The van der Waals surface area contributed by atoms with Gasteiger partial charge in [0.05, 0.1) is 15.7 Å². The van der Waals surface area contributed by atoms with Crippen LogP contribution in [0.25, 0.3) is 17.7 Å². The standard InChI is InChI=1S/C22H20Cl2N2O3/c1-4-13-9-14(10-25-17(13)5-2)12(3)8-18(27)26-7-6-15-16(11-26)20(24)22(29)21(28)19(15)23/h4-5,8-10,28-29H,1-2,6-7,11H2,3H3/b12-8+. The van der Waals surface area contributed by atoms with E-state index in [-0.39, 0.29) is 22.5 Å². The molecule has 1 aromatic carbocycles. The van der Waals surface area contributed by atoms with Gasteiger partial charge in [0.15, 0.2) is 11.5 Å². The number of allylic oxidation sites excluding steroid dienone is 1. The molecule has 0 radical (unpaired) electrons. The lowest BCUT2D eigenvalue weighted by Gasteiger charge is -2.30. The van der Waals surface area contributed by atoms with Crippen molar-refractivity contribution in [1.82, 2.24) is 9.88 Å². The smallest absolute Gasteiger partial charge is 0.247 e. The molecule has 2 heterocycles. The van der Waals surface area contributed by atoms with Crippen LogP contribution in [-0.4, -0.2) is 32.5 Å². The summed E-state index contributed by atoms with van der Waals surface area (Å²) in [5.74, 6) is -1.10. The highest BCUT2D eigenvalue weighted by Crippen LogP contribution is 2.46. The van der Waals surface area contributed by atoms with Crippen LogP contribution in [0.1, 0.15) is 34.9 Å². The van der Waals surface area contributed by atoms with Crippen molar-refractivity contribution in [2.24, 2.45) is 0 Å². The van der Waals surface area contributed by atoms with Crippen molar-refractivity contribution < 1.29 is 15.0 Å². The van der Waals surface area contributed by atoms with Crippen LogP contribution in [0.3, 0.4) is 0 Å². The number of carbonyl (C=O) groups excluding carboxylic acids is 1. The number of halogens is 2. The third-order valence-electron chi connectivity index (χ3n) is 4.98. The SMILES string of the molecule is C=Cc1cc(/C(C)=C/C(=O)N2CCc3c(Cl)c(O)c(O)c(Cl)c3C2)cnc1C=C. The molecule has 0 atom stereocenters. The van der Waals surface area contributed by atoms with Gasteiger partial charge in [-0.1, -0.05) is 42.4 Å². The minimum Gasteiger partial charge on any atom is -0.503 e. The molecule has 1 aliphatic heterocycles. The molecule has 0 aliphatic carbocycles. The Labute approximate surface area is 179 Å². The lowest BCUT2D eigenvalue weighted by Crippen LogP contribution is -2.35. The second-order valence-corrected chi connectivity index (χ2v) is 7.48. The molecular weight excluding hydrogens is 411 g/mol. The fourth-order valence-electron chi connectivity index (χ4n) is 3.29. The molecule has 7 heteroatoms. The van der Waals surface area contributed by atoms with Gasteiger partial charge in [-0.15, -0.1) is 0 Å². The molecular formula is C22H20Cl2N2O3. The Kier molecular flexibility index (Phi) is 6.01. The average molecular weight is 431 g/mol. The highest BCUT2D eigenvalue weighted by molar-refractivity contribution is 6.36. The van der Waals surface area contributed by atoms with Crippen LogP contribution in [-0.2, 0) is 17.8 Å². The molecule has 0 spiro atoms. The number of pyridine rings is 1. The zero-order chi connectivity index (χ0) is 21.3. The number of hydrogen-bond acceptors (Lipinski definition) is 4. The Morgan fingerprint density at radius 3 is 2.45 bits per heavy atom. The first-order chi connectivity index (χ1) is 13.8. The number of phenolic OH excluding ortho intramolecular Hbond substituents is 2. The first-order valence-corrected chi connectivity index (χ1v) is 9.67. The molecule has 5 nitrogen and oxygen atoms in total. The number of carbonyl (C=O) groups is 1. The molecule has 0 unspecified atom stereocenters. The van der Waals surface area contributed by atoms with E-state index in [2.05, 4.69) is 18.1 Å². The van der Waals surface area contributed by atoms with Crippen LogP contribution in [0.5, 0.6) is 11.5 Å². The van der Waals surface area contributed by atoms with Crippen molar-refractivity contribution in [2.45, 2.75) is 19.9 Å². The van der Waals surface area contributed by atoms with Gasteiger partial charge >= 0.3 is 0 Å². The maximum atomic E-state index is 12.8. The van der Waals surface area contributed by atoms with Crippen molar-refractivity contribution in [1.29, 1.82) is 0 Å². The van der Waals surface area contributed by atoms with E-state index >= 15 is 0 Å². The highest BCUT2D eigenvalue weighted by Gasteiger charge is 2.28. The molecule has 1 amide bonds. The van der Waals surface area contributed by atoms with Gasteiger partial charge in [-0.25, -0.2) is 0 Å². The van der Waals surface area contributed by atoms with E-state index in [0.29, 0.717) is 24.1 Å². The maximum Gasteiger partial charge on any atom is 0.247 e. The number of aromatic hydroxyl groups is 2. The summed E-state index contributed by atoms with van der Waals surface area (Å²) in [6.45, 7) is 9.95. The number of aromatic nitrogens is 1. The molecule has 150 valence electrons. The van der Waals surface area contributed by atoms with E-state index < -0.39 is 11.5 Å². The van der Waals surface area contributed by atoms with Crippen molar-refractivity contribution in [2.75, 3.05) is 6.54 Å². The zero-order valence-electron chi connectivity index (χ0n) is 15.9. The first-order valence-electron chi connectivity index (χ1n) is 8.91. The van der Waals surface area contributed by atoms with Crippen molar-refractivity contribution in [3.63, 3.8) is 0 Å². The van der Waals surface area contributed by atoms with Crippen LogP contribution in [0.15, 0.2) is 31.5 Å². The lowest BCUT2D eigenvalue weighted by atomic mass is 9.98. The summed E-state index contributed by atoms with van der Waals surface area (Å²) in [6, 6.07) is 1.90. The van der Waals surface area contributed by atoms with E-state index in [1.165, 1.54) is 6.08 Å². The highest BCUT2D eigenvalue weighted by atomic mass is 35.5. The van der Waals surface area contributed by atoms with Gasteiger partial charge in [0.1, 0.15) is 0 Å². The number of nitrogens with zero attached hydrogens (tertiary/aromatic N) is 2. The Morgan fingerprint density at radius 1 is 1.17 bits per heavy atom. The van der Waals surface area contributed by atoms with Gasteiger partial charge in [0.2, 0.25) is 5.91 Å². The van der Waals surface area contributed by atoms with Crippen LogP contribution >= 0.6 is 23.2 Å². The number of benzene rings is 1. The molecule has 1 aromatic heterocycles. The normalized spacial score (nSPS) is 13.8. The van der Waals surface area contributed by atoms with Crippen LogP contribution < -0.4 is 0 Å². The minimum absolute atomic E-state index is 0.0138. The largest absolute Gasteiger partial charge is 0.503 e. The topological polar surface area (TPSA) is 73.7 Å². The second kappa shape index (κ2) is 8.31. The summed E-state index contributed by atoms with van der Waals surface area (Å²) in [5, 5.41) is 19.9. The summed E-state index contributed by atoms with van der Waals surface area (Å²) in [6.07, 6.45) is 7.00. The first kappa shape index (κ1) is 21.0. The quantitative estimate of drug-likeness (QED) is 0.524. The van der Waals surface area contributed by atoms with Crippen LogP contribution in [0.4, 0.5) is 0 Å². The molecule has 29 heavy (non-hydrogen) atoms. The van der Waals surface area contributed by atoms with E-state index in [0.717, 1.165) is 22.4 Å². The summed E-state index contributed by atoms with van der Waals surface area (Å²) < 4.78 is 0. The maximum absolute atomic E-state index is 12.8. The summed E-state index contributed by atoms with van der Waals surface area (Å²) >= 11 is 12.3. The third kappa shape index (κ3) is 3.88. The van der Waals surface area contributed by atoms with Crippen molar-refractivity contribution >= 4 is 46.8 Å². The van der Waals surface area contributed by atoms with E-state index in [9.17, 15) is 15.0 Å². The van der Waals surface area contributed by atoms with Gasteiger partial charge in [0, 0.05) is 30.9 Å². The molecule has 1 aliphatic rings. The van der Waals surface area contributed by atoms with E-state index in [4.69, 9.17) is 23.2 Å². The predicted molar refractivity (Wildman–Crippen MR) is 117 cm³/mol. The van der Waals surface area contributed by atoms with Gasteiger partial charge < -0.3 is 15.1 Å². The van der Waals surface area contributed by atoms with Gasteiger partial charge in [0.25, 0.3) is 0 Å². The van der Waals surface area contributed by atoms with Gasteiger partial charge in [-0.2, -0.15) is 0 Å². The predicted octanol–water partition coefficient (Wildman–Crippen LogP) is 5.07. The fourth-order valence-corrected chi connectivity index (χ4v) is 3.85. The monoisotopic (exact) mass is 430 g/mol. The second-order valence-electron chi connectivity index (χ2n) is 6.73. The van der Waals surface area contributed by atoms with E-state index in [1.807, 2.05) is 13.0 Å². The number of hydrogen-bond donors (Lipinski definition) is 2. The number of fused-ring (bicyclic) bond motifs is 1. The third-order valence-corrected chi connectivity index (χ3v) is 5.80. The Hall–Kier alpha value is -2.76. The molecule has 0 saturated carbocycles. The van der Waals surface area contributed by atoms with Crippen molar-refractivity contribution in [3.8, 4) is 11.5 Å². The average Bonchev–Trinajstić information content (AvgIpc) is 2.74. The van der Waals surface area contributed by atoms with Gasteiger partial charge in [-0.3, -0.25) is 9.78 Å². The molecule has 3 rings (SSSR count). The minimum atomic E-state index is -0.471. The van der Waals surface area contributed by atoms with Crippen molar-refractivity contribution in [3.05, 3.63) is 69.5 Å². The van der Waals surface area contributed by atoms with Crippen LogP contribution in [0.2, 0.25) is 10.0 Å². The molecule has 0 fully saturated rings. The number of phenols is 2. The zero-order valence-corrected chi connectivity index (χ0v) is 17.4. The summed E-state index contributed by atoms with van der Waals surface area (Å²) in [4.78, 5) is 18.8. The molecule has 2 N–H and O–H groups in total. The van der Waals surface area contributed by atoms with Gasteiger partial charge in [-0.05, 0) is 47.8 Å². The van der Waals surface area contributed by atoms with Crippen LogP contribution in [0, 0.1) is 0 Å². The lowest BCUT2D eigenvalue weighted by molar-refractivity contribution is -0.126. The summed E-state index contributed by atoms with van der Waals surface area (Å²) in [5.41, 5.74) is 4.32. The Morgan fingerprint density at radius 2 is 1.83 bits per heavy atom. The Balaban J connectivity index is 1.87. The summed E-state index contributed by atoms with van der Waals surface area (Å²) in [7, 11) is 0. The molecule has 0 saturated heterocycles.